The minimum absolute atomic E-state index is 0.0370. The van der Waals surface area contributed by atoms with Crippen LogP contribution in [0.25, 0.3) is 54.7 Å². The molecule has 9 nitrogen and oxygen atoms in total. The van der Waals surface area contributed by atoms with Crippen LogP contribution in [0, 0.1) is 0 Å². The molecule has 1 heterocycles. The summed E-state index contributed by atoms with van der Waals surface area (Å²) in [5, 5.41) is 31.0. The Kier molecular flexibility index (Phi) is 12.2. The van der Waals surface area contributed by atoms with E-state index in [1.807, 2.05) is 42.5 Å². The maximum absolute atomic E-state index is 12.1. The maximum Gasteiger partial charge on any atom is 0.234 e. The lowest BCUT2D eigenvalue weighted by atomic mass is 9.84. The highest BCUT2D eigenvalue weighted by molar-refractivity contribution is 9.11. The quantitative estimate of drug-likeness (QED) is 0.0326. The molecule has 0 radical (unpaired) electrons. The Bertz CT molecular complexity index is 2730. The number of benzene rings is 7. The Morgan fingerprint density at radius 3 is 1.45 bits per heavy atom. The summed E-state index contributed by atoms with van der Waals surface area (Å²) in [6.45, 7) is 1.93. The number of hydrogen-bond donors (Lipinski definition) is 5. The molecule has 13 heteroatoms. The van der Waals surface area contributed by atoms with E-state index in [0.29, 0.717) is 27.8 Å². The van der Waals surface area contributed by atoms with Gasteiger partial charge >= 0.3 is 0 Å². The van der Waals surface area contributed by atoms with Gasteiger partial charge < -0.3 is 26.8 Å². The molecule has 0 atom stereocenters. The summed E-state index contributed by atoms with van der Waals surface area (Å²) < 4.78 is 3.57. The van der Waals surface area contributed by atoms with Crippen molar-refractivity contribution < 1.29 is 24.9 Å². The molecular formula is C42H30Br4N4O5. The number of aliphatic hydroxyl groups excluding tert-OH is 1. The van der Waals surface area contributed by atoms with E-state index < -0.39 is 11.6 Å². The van der Waals surface area contributed by atoms with Crippen LogP contribution in [0.15, 0.2) is 127 Å². The van der Waals surface area contributed by atoms with Crippen LogP contribution in [0.5, 0.6) is 11.5 Å². The van der Waals surface area contributed by atoms with E-state index in [1.165, 1.54) is 6.07 Å². The van der Waals surface area contributed by atoms with Gasteiger partial charge in [0.1, 0.15) is 17.0 Å². The predicted octanol–water partition coefficient (Wildman–Crippen LogP) is 11.1. The first-order valence-electron chi connectivity index (χ1n) is 16.5. The van der Waals surface area contributed by atoms with Crippen LogP contribution in [-0.2, 0) is 0 Å². The molecule has 1 aliphatic rings. The molecule has 0 saturated heterocycles. The SMILES string of the molecule is CCO.Nc1cccc(O)c1N.O=C1C(=O)c2cc(Br)ccc2-c2ccc(Br)cc21.Oc1cccc2nc3c4cc(Br)ccc4c4ccc(Br)cc4c3nc12. The van der Waals surface area contributed by atoms with Crippen molar-refractivity contribution in [1.29, 1.82) is 0 Å². The minimum atomic E-state index is -0.447. The molecule has 0 saturated carbocycles. The van der Waals surface area contributed by atoms with E-state index in [-0.39, 0.29) is 23.8 Å². The lowest BCUT2D eigenvalue weighted by Gasteiger charge is -2.18. The zero-order chi connectivity index (χ0) is 39.6. The van der Waals surface area contributed by atoms with Gasteiger partial charge in [0.15, 0.2) is 0 Å². The molecule has 0 unspecified atom stereocenters. The average Bonchev–Trinajstić information content (AvgIpc) is 3.16. The largest absolute Gasteiger partial charge is 0.506 e. The van der Waals surface area contributed by atoms with Crippen molar-refractivity contribution in [2.75, 3.05) is 18.1 Å². The second-order valence-corrected chi connectivity index (χ2v) is 15.7. The molecule has 0 amide bonds. The molecule has 1 aliphatic carbocycles. The highest BCUT2D eigenvalue weighted by Gasteiger charge is 2.30. The molecule has 7 N–H and O–H groups in total. The highest BCUT2D eigenvalue weighted by Crippen LogP contribution is 2.38. The van der Waals surface area contributed by atoms with Gasteiger partial charge in [-0.25, -0.2) is 9.97 Å². The van der Waals surface area contributed by atoms with Gasteiger partial charge in [-0.05, 0) is 102 Å². The van der Waals surface area contributed by atoms with Gasteiger partial charge in [-0.15, -0.1) is 0 Å². The molecule has 1 aromatic heterocycles. The first-order valence-corrected chi connectivity index (χ1v) is 19.7. The summed E-state index contributed by atoms with van der Waals surface area (Å²) in [6, 6.07) is 33.3. The highest BCUT2D eigenvalue weighted by atomic mass is 79.9. The number of fused-ring (bicyclic) bond motifs is 10. The number of halogens is 4. The molecule has 0 bridgehead atoms. The number of aromatic hydroxyl groups is 2. The number of anilines is 2. The van der Waals surface area contributed by atoms with E-state index >= 15 is 0 Å². The molecule has 0 spiro atoms. The third kappa shape index (κ3) is 8.21. The number of nitrogens with zero attached hydrogens (tertiary/aromatic N) is 2. The van der Waals surface area contributed by atoms with E-state index in [4.69, 9.17) is 31.6 Å². The first kappa shape index (κ1) is 39.8. The molecule has 8 aromatic rings. The Morgan fingerprint density at radius 1 is 0.527 bits per heavy atom. The van der Waals surface area contributed by atoms with E-state index in [1.54, 1.807) is 43.3 Å². The van der Waals surface area contributed by atoms with Crippen LogP contribution in [0.2, 0.25) is 0 Å². The standard InChI is InChI=1S/C20H10Br2N2O.C14H6Br2O2.C6H8N2O.C2H6O/c21-10-4-6-12-13-7-5-11(22)9-15(13)19-18(14(12)8-10)23-16-2-1-3-17(25)20(16)24-19;15-7-1-3-9-10-4-2-8(16)6-12(10)14(18)13(17)11(9)5-7;7-4-2-1-3-5(9)6(4)8;1-2-3/h1-9,25H;1-6H;1-3,9H,7-8H2;3H,2H2,1H3. The minimum Gasteiger partial charge on any atom is -0.506 e. The van der Waals surface area contributed by atoms with E-state index in [9.17, 15) is 14.7 Å². The number of Topliss-reactive ketones (excluding diaryl/α,β-unsaturated/α-hetero) is 2. The van der Waals surface area contributed by atoms with Crippen molar-refractivity contribution >= 4 is 130 Å². The second-order valence-electron chi connectivity index (χ2n) is 12.1. The van der Waals surface area contributed by atoms with Gasteiger partial charge in [0.05, 0.1) is 27.9 Å². The molecule has 55 heavy (non-hydrogen) atoms. The van der Waals surface area contributed by atoms with Gasteiger partial charge in [-0.2, -0.15) is 0 Å². The fourth-order valence-corrected chi connectivity index (χ4v) is 7.47. The summed E-state index contributed by atoms with van der Waals surface area (Å²) >= 11 is 13.7. The normalized spacial score (nSPS) is 11.5. The molecule has 276 valence electrons. The number of para-hydroxylation sites is 2. The number of carbonyl (C=O) groups is 2. The van der Waals surface area contributed by atoms with Crippen LogP contribution in [0.3, 0.4) is 0 Å². The Hall–Kier alpha value is -4.92. The summed E-state index contributed by atoms with van der Waals surface area (Å²) in [6.07, 6.45) is 0. The number of nitrogen functional groups attached to an aromatic ring is 2. The fourth-order valence-electron chi connectivity index (χ4n) is 6.03. The number of nitrogens with two attached hydrogens (primary N) is 2. The number of carbonyl (C=O) groups excluding carboxylic acids is 2. The van der Waals surface area contributed by atoms with Crippen LogP contribution in [-0.4, -0.2) is 43.5 Å². The maximum atomic E-state index is 12.1. The lowest BCUT2D eigenvalue weighted by Crippen LogP contribution is -2.21. The molecular weight excluding hydrogens is 960 g/mol. The zero-order valence-corrected chi connectivity index (χ0v) is 35.2. The van der Waals surface area contributed by atoms with Crippen molar-refractivity contribution in [2.24, 2.45) is 0 Å². The molecule has 7 aromatic carbocycles. The van der Waals surface area contributed by atoms with Crippen molar-refractivity contribution in [3.63, 3.8) is 0 Å². The Balaban J connectivity index is 0.000000149. The third-order valence-electron chi connectivity index (χ3n) is 8.50. The fraction of sp³-hybridized carbons (Fsp3) is 0.0476. The predicted molar refractivity (Wildman–Crippen MR) is 235 cm³/mol. The van der Waals surface area contributed by atoms with Crippen LogP contribution < -0.4 is 11.5 Å². The van der Waals surface area contributed by atoms with Crippen molar-refractivity contribution in [2.45, 2.75) is 6.92 Å². The Labute approximate surface area is 348 Å². The van der Waals surface area contributed by atoms with Crippen molar-refractivity contribution in [1.82, 2.24) is 9.97 Å². The second kappa shape index (κ2) is 16.8. The smallest absolute Gasteiger partial charge is 0.234 e. The summed E-state index contributed by atoms with van der Waals surface area (Å²) in [5.41, 5.74) is 16.7. The number of phenolic OH excluding ortho intramolecular Hbond substituents is 2. The number of aliphatic hydroxyl groups is 1. The summed E-state index contributed by atoms with van der Waals surface area (Å²) in [5.74, 6) is -0.715. The van der Waals surface area contributed by atoms with Gasteiger partial charge in [-0.1, -0.05) is 100 Å². The van der Waals surface area contributed by atoms with Crippen LogP contribution in [0.4, 0.5) is 11.4 Å². The lowest BCUT2D eigenvalue weighted by molar-refractivity contribution is 0.0815. The summed E-state index contributed by atoms with van der Waals surface area (Å²) in [4.78, 5) is 33.7. The van der Waals surface area contributed by atoms with E-state index in [0.717, 1.165) is 61.6 Å². The first-order chi connectivity index (χ1) is 26.3. The summed E-state index contributed by atoms with van der Waals surface area (Å²) in [7, 11) is 0. The molecule has 0 fully saturated rings. The van der Waals surface area contributed by atoms with E-state index in [2.05, 4.69) is 88.0 Å². The van der Waals surface area contributed by atoms with Gasteiger partial charge in [0, 0.05) is 46.4 Å². The van der Waals surface area contributed by atoms with Crippen molar-refractivity contribution in [3.8, 4) is 22.6 Å². The molecule has 9 rings (SSSR count). The number of aromatic nitrogens is 2. The third-order valence-corrected chi connectivity index (χ3v) is 10.5. The monoisotopic (exact) mass is 986 g/mol. The number of phenols is 2. The molecule has 0 aliphatic heterocycles. The topological polar surface area (TPSA) is 173 Å². The van der Waals surface area contributed by atoms with Gasteiger partial charge in [-0.3, -0.25) is 9.59 Å². The van der Waals surface area contributed by atoms with Gasteiger partial charge in [0.25, 0.3) is 0 Å². The number of rotatable bonds is 0. The Morgan fingerprint density at radius 2 is 0.964 bits per heavy atom. The van der Waals surface area contributed by atoms with Crippen LogP contribution >= 0.6 is 63.7 Å². The van der Waals surface area contributed by atoms with Gasteiger partial charge in [0.2, 0.25) is 11.6 Å². The van der Waals surface area contributed by atoms with Crippen LogP contribution in [0.1, 0.15) is 27.6 Å². The number of hydrogen-bond acceptors (Lipinski definition) is 9. The number of ketones is 2. The van der Waals surface area contributed by atoms with Crippen molar-refractivity contribution in [3.05, 3.63) is 138 Å². The zero-order valence-electron chi connectivity index (χ0n) is 28.8. The average molecular weight is 990 g/mol.